The van der Waals surface area contributed by atoms with Crippen LogP contribution in [0, 0.1) is 0 Å². The molecule has 0 aliphatic rings. The number of nitrogens with one attached hydrogen (secondary N) is 3. The van der Waals surface area contributed by atoms with E-state index < -0.39 is 0 Å². The number of nitrogens with zero attached hydrogens (tertiary/aromatic N) is 2. The van der Waals surface area contributed by atoms with Crippen LogP contribution in [0.25, 0.3) is 11.3 Å². The molecule has 19 heavy (non-hydrogen) atoms. The zero-order chi connectivity index (χ0) is 13.7. The van der Waals surface area contributed by atoms with Gasteiger partial charge in [0.15, 0.2) is 0 Å². The Kier molecular flexibility index (Phi) is 4.25. The first-order valence-corrected chi connectivity index (χ1v) is 6.11. The van der Waals surface area contributed by atoms with Crippen LogP contribution in [0.3, 0.4) is 0 Å². The normalized spacial score (nSPS) is 12.1. The van der Waals surface area contributed by atoms with E-state index in [1.807, 2.05) is 26.1 Å². The first-order chi connectivity index (χ1) is 9.22. The van der Waals surface area contributed by atoms with Crippen LogP contribution in [0.4, 0.5) is 0 Å². The van der Waals surface area contributed by atoms with Crippen LogP contribution in [0.2, 0.25) is 0 Å². The zero-order valence-electron chi connectivity index (χ0n) is 11.0. The summed E-state index contributed by atoms with van der Waals surface area (Å²) in [5, 5.41) is 12.7. The summed E-state index contributed by atoms with van der Waals surface area (Å²) in [5.74, 6) is -0.136. The van der Waals surface area contributed by atoms with Gasteiger partial charge in [-0.1, -0.05) is 0 Å². The Morgan fingerprint density at radius 1 is 1.42 bits per heavy atom. The predicted molar refractivity (Wildman–Crippen MR) is 72.7 cm³/mol. The summed E-state index contributed by atoms with van der Waals surface area (Å²) in [6, 6.07) is 3.89. The molecule has 0 aliphatic carbocycles. The average molecular weight is 259 g/mol. The SMILES string of the molecule is CNC(C)CNC(=O)c1cn[nH]c1-c1ccncc1. The summed E-state index contributed by atoms with van der Waals surface area (Å²) >= 11 is 0. The zero-order valence-corrected chi connectivity index (χ0v) is 11.0. The number of aromatic amines is 1. The van der Waals surface area contributed by atoms with Gasteiger partial charge in [0.25, 0.3) is 5.91 Å². The molecule has 1 unspecified atom stereocenters. The van der Waals surface area contributed by atoms with Crippen molar-refractivity contribution in [2.45, 2.75) is 13.0 Å². The Morgan fingerprint density at radius 2 is 2.16 bits per heavy atom. The van der Waals surface area contributed by atoms with Gasteiger partial charge in [0.2, 0.25) is 0 Å². The molecule has 0 saturated carbocycles. The third kappa shape index (κ3) is 3.17. The van der Waals surface area contributed by atoms with Crippen molar-refractivity contribution in [2.75, 3.05) is 13.6 Å². The predicted octanol–water partition coefficient (Wildman–Crippen LogP) is 0.809. The van der Waals surface area contributed by atoms with Crippen LogP contribution in [0.15, 0.2) is 30.7 Å². The Labute approximate surface area is 111 Å². The molecule has 0 fully saturated rings. The average Bonchev–Trinajstić information content (AvgIpc) is 2.94. The quantitative estimate of drug-likeness (QED) is 0.742. The summed E-state index contributed by atoms with van der Waals surface area (Å²) < 4.78 is 0. The van der Waals surface area contributed by atoms with Gasteiger partial charge in [-0.2, -0.15) is 5.10 Å². The van der Waals surface area contributed by atoms with Crippen molar-refractivity contribution in [1.82, 2.24) is 25.8 Å². The largest absolute Gasteiger partial charge is 0.350 e. The molecule has 2 aromatic rings. The fourth-order valence-electron chi connectivity index (χ4n) is 1.64. The molecule has 1 amide bonds. The third-order valence-corrected chi connectivity index (χ3v) is 2.91. The third-order valence-electron chi connectivity index (χ3n) is 2.91. The van der Waals surface area contributed by atoms with E-state index in [2.05, 4.69) is 25.8 Å². The lowest BCUT2D eigenvalue weighted by molar-refractivity contribution is 0.0951. The molecule has 1 atom stereocenters. The highest BCUT2D eigenvalue weighted by Crippen LogP contribution is 2.19. The molecule has 0 saturated heterocycles. The van der Waals surface area contributed by atoms with Crippen LogP contribution in [0.5, 0.6) is 0 Å². The molecule has 6 nitrogen and oxygen atoms in total. The number of hydrogen-bond donors (Lipinski definition) is 3. The van der Waals surface area contributed by atoms with E-state index in [4.69, 9.17) is 0 Å². The molecule has 0 bridgehead atoms. The Morgan fingerprint density at radius 3 is 2.84 bits per heavy atom. The lowest BCUT2D eigenvalue weighted by Crippen LogP contribution is -2.37. The van der Waals surface area contributed by atoms with E-state index in [0.717, 1.165) is 5.56 Å². The smallest absolute Gasteiger partial charge is 0.255 e. The highest BCUT2D eigenvalue weighted by atomic mass is 16.1. The summed E-state index contributed by atoms with van der Waals surface area (Å²) in [6.07, 6.45) is 4.90. The van der Waals surface area contributed by atoms with E-state index in [1.54, 1.807) is 12.4 Å². The van der Waals surface area contributed by atoms with Crippen molar-refractivity contribution in [3.8, 4) is 11.3 Å². The number of hydrogen-bond acceptors (Lipinski definition) is 4. The number of pyridine rings is 1. The molecular formula is C13H17N5O. The number of carbonyl (C=O) groups excluding carboxylic acids is 1. The Hall–Kier alpha value is -2.21. The molecule has 100 valence electrons. The van der Waals surface area contributed by atoms with Crippen molar-refractivity contribution >= 4 is 5.91 Å². The highest BCUT2D eigenvalue weighted by Gasteiger charge is 2.15. The van der Waals surface area contributed by atoms with Crippen LogP contribution in [-0.2, 0) is 0 Å². The lowest BCUT2D eigenvalue weighted by atomic mass is 10.1. The summed E-state index contributed by atoms with van der Waals surface area (Å²) in [7, 11) is 1.86. The topological polar surface area (TPSA) is 82.7 Å². The molecule has 2 heterocycles. The minimum atomic E-state index is -0.136. The molecule has 6 heteroatoms. The van der Waals surface area contributed by atoms with Gasteiger partial charge in [-0.15, -0.1) is 0 Å². The molecule has 0 radical (unpaired) electrons. The summed E-state index contributed by atoms with van der Waals surface area (Å²) in [5.41, 5.74) is 2.13. The van der Waals surface area contributed by atoms with Gasteiger partial charge in [-0.3, -0.25) is 14.9 Å². The Balaban J connectivity index is 2.14. The van der Waals surface area contributed by atoms with Gasteiger partial charge in [-0.25, -0.2) is 0 Å². The molecule has 2 aromatic heterocycles. The molecule has 0 aromatic carbocycles. The maximum atomic E-state index is 12.1. The molecule has 0 aliphatic heterocycles. The molecule has 2 rings (SSSR count). The highest BCUT2D eigenvalue weighted by molar-refractivity contribution is 5.99. The first-order valence-electron chi connectivity index (χ1n) is 6.11. The van der Waals surface area contributed by atoms with E-state index in [0.29, 0.717) is 17.8 Å². The van der Waals surface area contributed by atoms with Crippen LogP contribution >= 0.6 is 0 Å². The first kappa shape index (κ1) is 13.2. The van der Waals surface area contributed by atoms with Gasteiger partial charge in [0, 0.05) is 30.5 Å². The van der Waals surface area contributed by atoms with Crippen LogP contribution in [-0.4, -0.2) is 40.7 Å². The van der Waals surface area contributed by atoms with E-state index >= 15 is 0 Å². The lowest BCUT2D eigenvalue weighted by Gasteiger charge is -2.11. The second-order valence-electron chi connectivity index (χ2n) is 4.29. The van der Waals surface area contributed by atoms with Crippen molar-refractivity contribution in [3.63, 3.8) is 0 Å². The Bertz CT molecular complexity index is 537. The monoisotopic (exact) mass is 259 g/mol. The van der Waals surface area contributed by atoms with Gasteiger partial charge >= 0.3 is 0 Å². The van der Waals surface area contributed by atoms with Gasteiger partial charge in [0.1, 0.15) is 0 Å². The number of likely N-dealkylation sites (N-methyl/N-ethyl adjacent to an activating group) is 1. The van der Waals surface area contributed by atoms with E-state index in [1.165, 1.54) is 6.20 Å². The number of aromatic nitrogens is 3. The number of carbonyl (C=O) groups is 1. The number of H-pyrrole nitrogens is 1. The van der Waals surface area contributed by atoms with Gasteiger partial charge in [-0.05, 0) is 26.1 Å². The fourth-order valence-corrected chi connectivity index (χ4v) is 1.64. The number of amides is 1. The van der Waals surface area contributed by atoms with Crippen molar-refractivity contribution in [2.24, 2.45) is 0 Å². The minimum absolute atomic E-state index is 0.136. The molecule has 0 spiro atoms. The van der Waals surface area contributed by atoms with Crippen molar-refractivity contribution in [3.05, 3.63) is 36.3 Å². The van der Waals surface area contributed by atoms with Crippen molar-refractivity contribution < 1.29 is 4.79 Å². The molecule has 3 N–H and O–H groups in total. The molecular weight excluding hydrogens is 242 g/mol. The second kappa shape index (κ2) is 6.10. The summed E-state index contributed by atoms with van der Waals surface area (Å²) in [6.45, 7) is 2.57. The van der Waals surface area contributed by atoms with E-state index in [-0.39, 0.29) is 11.9 Å². The number of rotatable bonds is 5. The second-order valence-corrected chi connectivity index (χ2v) is 4.29. The van der Waals surface area contributed by atoms with Gasteiger partial charge in [0.05, 0.1) is 17.5 Å². The van der Waals surface area contributed by atoms with Gasteiger partial charge < -0.3 is 10.6 Å². The van der Waals surface area contributed by atoms with E-state index in [9.17, 15) is 4.79 Å². The van der Waals surface area contributed by atoms with Crippen LogP contribution < -0.4 is 10.6 Å². The maximum absolute atomic E-state index is 12.1. The fraction of sp³-hybridized carbons (Fsp3) is 0.308. The maximum Gasteiger partial charge on any atom is 0.255 e. The van der Waals surface area contributed by atoms with Crippen LogP contribution in [0.1, 0.15) is 17.3 Å². The van der Waals surface area contributed by atoms with Crippen molar-refractivity contribution in [1.29, 1.82) is 0 Å². The minimum Gasteiger partial charge on any atom is -0.350 e. The summed E-state index contributed by atoms with van der Waals surface area (Å²) in [4.78, 5) is 16.1. The standard InChI is InChI=1S/C13H17N5O/c1-9(14-2)7-16-13(19)11-8-17-18-12(11)10-3-5-15-6-4-10/h3-6,8-9,14H,7H2,1-2H3,(H,16,19)(H,17,18).